The Hall–Kier alpha value is -2.57. The van der Waals surface area contributed by atoms with Crippen molar-refractivity contribution >= 4 is 23.5 Å². The molecule has 2 fully saturated rings. The van der Waals surface area contributed by atoms with E-state index in [2.05, 4.69) is 22.6 Å². The van der Waals surface area contributed by atoms with Crippen molar-refractivity contribution < 1.29 is 14.3 Å². The minimum absolute atomic E-state index is 0.105. The van der Waals surface area contributed by atoms with Crippen molar-refractivity contribution in [3.63, 3.8) is 0 Å². The molecule has 1 atom stereocenters. The van der Waals surface area contributed by atoms with Crippen LogP contribution in [-0.4, -0.2) is 45.0 Å². The monoisotopic (exact) mass is 370 g/mol. The molecule has 1 saturated heterocycles. The molecule has 3 heterocycles. The summed E-state index contributed by atoms with van der Waals surface area (Å²) in [5, 5.41) is 2.90. The fourth-order valence-corrected chi connectivity index (χ4v) is 3.42. The Morgan fingerprint density at radius 3 is 2.67 bits per heavy atom. The minimum Gasteiger partial charge on any atom is -0.444 e. The van der Waals surface area contributed by atoms with E-state index in [-0.39, 0.29) is 17.9 Å². The Labute approximate surface area is 158 Å². The molecule has 2 aliphatic rings. The van der Waals surface area contributed by atoms with Gasteiger partial charge in [-0.05, 0) is 57.6 Å². The van der Waals surface area contributed by atoms with Gasteiger partial charge in [-0.25, -0.2) is 9.78 Å². The Morgan fingerprint density at radius 2 is 1.96 bits per heavy atom. The summed E-state index contributed by atoms with van der Waals surface area (Å²) in [7, 11) is 0. The summed E-state index contributed by atoms with van der Waals surface area (Å²) < 4.78 is 7.35. The van der Waals surface area contributed by atoms with E-state index in [4.69, 9.17) is 4.74 Å². The molecule has 4 rings (SSSR count). The maximum absolute atomic E-state index is 12.6. The zero-order valence-corrected chi connectivity index (χ0v) is 16.1. The Bertz CT molecular complexity index is 879. The highest BCUT2D eigenvalue weighted by Gasteiger charge is 2.33. The molecule has 1 aliphatic carbocycles. The van der Waals surface area contributed by atoms with Crippen molar-refractivity contribution in [2.24, 2.45) is 5.92 Å². The van der Waals surface area contributed by atoms with Crippen molar-refractivity contribution in [1.82, 2.24) is 14.3 Å². The Morgan fingerprint density at radius 1 is 1.19 bits per heavy atom. The SMILES string of the molecule is CC(C)(C)OC(=O)N1CCC(C(=O)Nc2cn3cc(C4CC4)ccc3n2)C1. The highest BCUT2D eigenvalue weighted by molar-refractivity contribution is 5.92. The number of anilines is 1. The first-order chi connectivity index (χ1) is 12.8. The number of fused-ring (bicyclic) bond motifs is 1. The maximum atomic E-state index is 12.6. The second-order valence-corrected chi connectivity index (χ2v) is 8.53. The van der Waals surface area contributed by atoms with E-state index in [1.807, 2.05) is 37.4 Å². The van der Waals surface area contributed by atoms with Crippen LogP contribution < -0.4 is 5.32 Å². The lowest BCUT2D eigenvalue weighted by Gasteiger charge is -2.24. The van der Waals surface area contributed by atoms with Gasteiger partial charge in [-0.2, -0.15) is 0 Å². The van der Waals surface area contributed by atoms with Crippen LogP contribution in [0.5, 0.6) is 0 Å². The number of hydrogen-bond acceptors (Lipinski definition) is 4. The van der Waals surface area contributed by atoms with Gasteiger partial charge in [0, 0.05) is 19.3 Å². The minimum atomic E-state index is -0.534. The summed E-state index contributed by atoms with van der Waals surface area (Å²) >= 11 is 0. The molecule has 2 amide bonds. The van der Waals surface area contributed by atoms with Gasteiger partial charge in [0.25, 0.3) is 0 Å². The highest BCUT2D eigenvalue weighted by atomic mass is 16.6. The van der Waals surface area contributed by atoms with Crippen LogP contribution in [0.3, 0.4) is 0 Å². The maximum Gasteiger partial charge on any atom is 0.410 e. The van der Waals surface area contributed by atoms with Crippen LogP contribution in [0.2, 0.25) is 0 Å². The summed E-state index contributed by atoms with van der Waals surface area (Å²) in [4.78, 5) is 30.8. The summed E-state index contributed by atoms with van der Waals surface area (Å²) in [6.07, 6.45) is 6.71. The van der Waals surface area contributed by atoms with Gasteiger partial charge in [0.1, 0.15) is 11.2 Å². The average Bonchev–Trinajstić information content (AvgIpc) is 3.16. The Balaban J connectivity index is 1.38. The van der Waals surface area contributed by atoms with Gasteiger partial charge in [-0.3, -0.25) is 4.79 Å². The van der Waals surface area contributed by atoms with Crippen molar-refractivity contribution in [2.45, 2.75) is 51.6 Å². The van der Waals surface area contributed by atoms with E-state index in [0.29, 0.717) is 31.2 Å². The molecule has 144 valence electrons. The first kappa shape index (κ1) is 17.8. The molecular weight excluding hydrogens is 344 g/mol. The fraction of sp³-hybridized carbons (Fsp3) is 0.550. The number of nitrogens with one attached hydrogen (secondary N) is 1. The largest absolute Gasteiger partial charge is 0.444 e. The lowest BCUT2D eigenvalue weighted by molar-refractivity contribution is -0.119. The number of pyridine rings is 1. The number of nitrogens with zero attached hydrogens (tertiary/aromatic N) is 3. The lowest BCUT2D eigenvalue weighted by Crippen LogP contribution is -2.36. The molecule has 2 aromatic heterocycles. The second-order valence-electron chi connectivity index (χ2n) is 8.53. The lowest BCUT2D eigenvalue weighted by atomic mass is 10.1. The van der Waals surface area contributed by atoms with E-state index in [0.717, 1.165) is 5.65 Å². The van der Waals surface area contributed by atoms with Crippen LogP contribution in [0.25, 0.3) is 5.65 Å². The van der Waals surface area contributed by atoms with Gasteiger partial charge in [-0.1, -0.05) is 6.07 Å². The van der Waals surface area contributed by atoms with Crippen LogP contribution in [0, 0.1) is 5.92 Å². The van der Waals surface area contributed by atoms with Gasteiger partial charge in [0.15, 0.2) is 5.82 Å². The van der Waals surface area contributed by atoms with Gasteiger partial charge in [0.2, 0.25) is 5.91 Å². The van der Waals surface area contributed by atoms with Crippen molar-refractivity contribution in [2.75, 3.05) is 18.4 Å². The third-order valence-corrected chi connectivity index (χ3v) is 4.98. The third kappa shape index (κ3) is 4.07. The summed E-state index contributed by atoms with van der Waals surface area (Å²) in [5.74, 6) is 0.868. The molecular formula is C20H26N4O3. The summed E-state index contributed by atoms with van der Waals surface area (Å²) in [6.45, 7) is 6.42. The molecule has 0 radical (unpaired) electrons. The Kier molecular flexibility index (Phi) is 4.32. The first-order valence-corrected chi connectivity index (χ1v) is 9.56. The highest BCUT2D eigenvalue weighted by Crippen LogP contribution is 2.40. The molecule has 1 unspecified atom stereocenters. The molecule has 0 bridgehead atoms. The van der Waals surface area contributed by atoms with E-state index in [9.17, 15) is 9.59 Å². The normalized spacial score (nSPS) is 20.1. The zero-order chi connectivity index (χ0) is 19.2. The topological polar surface area (TPSA) is 75.9 Å². The number of ether oxygens (including phenoxy) is 1. The molecule has 0 aromatic carbocycles. The molecule has 2 aromatic rings. The van der Waals surface area contributed by atoms with Crippen LogP contribution >= 0.6 is 0 Å². The first-order valence-electron chi connectivity index (χ1n) is 9.56. The zero-order valence-electron chi connectivity index (χ0n) is 16.1. The summed E-state index contributed by atoms with van der Waals surface area (Å²) in [6, 6.07) is 4.10. The number of aromatic nitrogens is 2. The fourth-order valence-electron chi connectivity index (χ4n) is 3.42. The molecule has 7 heteroatoms. The van der Waals surface area contributed by atoms with E-state index in [1.165, 1.54) is 18.4 Å². The molecule has 27 heavy (non-hydrogen) atoms. The number of likely N-dealkylation sites (tertiary alicyclic amines) is 1. The van der Waals surface area contributed by atoms with Crippen LogP contribution in [-0.2, 0) is 9.53 Å². The van der Waals surface area contributed by atoms with Crippen LogP contribution in [0.1, 0.15) is 51.5 Å². The van der Waals surface area contributed by atoms with Crippen molar-refractivity contribution in [3.05, 3.63) is 30.1 Å². The standard InChI is InChI=1S/C20H26N4O3/c1-20(2,3)27-19(26)23-9-8-15(11-23)18(25)22-16-12-24-10-14(13-4-5-13)6-7-17(24)21-16/h6-7,10,12-13,15H,4-5,8-9,11H2,1-3H3,(H,22,25). The van der Waals surface area contributed by atoms with Crippen LogP contribution in [0.4, 0.5) is 10.6 Å². The van der Waals surface area contributed by atoms with Crippen molar-refractivity contribution in [3.8, 4) is 0 Å². The predicted octanol–water partition coefficient (Wildman–Crippen LogP) is 3.41. The number of hydrogen-bond donors (Lipinski definition) is 1. The van der Waals surface area contributed by atoms with Crippen LogP contribution in [0.15, 0.2) is 24.5 Å². The van der Waals surface area contributed by atoms with Gasteiger partial charge in [0.05, 0.1) is 12.1 Å². The number of rotatable bonds is 3. The van der Waals surface area contributed by atoms with E-state index in [1.54, 1.807) is 4.90 Å². The molecule has 1 saturated carbocycles. The smallest absolute Gasteiger partial charge is 0.410 e. The van der Waals surface area contributed by atoms with Gasteiger partial charge >= 0.3 is 6.09 Å². The molecule has 7 nitrogen and oxygen atoms in total. The molecule has 1 N–H and O–H groups in total. The second kappa shape index (κ2) is 6.55. The predicted molar refractivity (Wildman–Crippen MR) is 102 cm³/mol. The quantitative estimate of drug-likeness (QED) is 0.898. The average molecular weight is 370 g/mol. The number of imidazole rings is 1. The number of carbonyl (C=O) groups excluding carboxylic acids is 2. The number of amides is 2. The van der Waals surface area contributed by atoms with E-state index < -0.39 is 5.60 Å². The molecule has 1 aliphatic heterocycles. The van der Waals surface area contributed by atoms with Gasteiger partial charge < -0.3 is 19.4 Å². The third-order valence-electron chi connectivity index (χ3n) is 4.98. The van der Waals surface area contributed by atoms with Crippen molar-refractivity contribution in [1.29, 1.82) is 0 Å². The molecule has 0 spiro atoms. The summed E-state index contributed by atoms with van der Waals surface area (Å²) in [5.41, 5.74) is 1.60. The number of carbonyl (C=O) groups is 2. The van der Waals surface area contributed by atoms with E-state index >= 15 is 0 Å². The van der Waals surface area contributed by atoms with Gasteiger partial charge in [-0.15, -0.1) is 0 Å².